The summed E-state index contributed by atoms with van der Waals surface area (Å²) in [5, 5.41) is 19.4. The number of halogens is 3. The molecule has 0 aromatic heterocycles. The number of hydrogen-bond donors (Lipinski definition) is 2. The standard InChI is InChI=1S/C10H11BrF2O2/c11-5-4-8(14)10(15)9-6(12)2-1-3-7(9)13/h1-3,8,10,14-15H,4-5H2. The molecule has 1 aromatic rings. The predicted octanol–water partition coefficient (Wildman–Crippen LogP) is 2.14. The van der Waals surface area contributed by atoms with Crippen LogP contribution in [0.3, 0.4) is 0 Å². The van der Waals surface area contributed by atoms with Gasteiger partial charge in [0.15, 0.2) is 0 Å². The van der Waals surface area contributed by atoms with Crippen molar-refractivity contribution in [3.05, 3.63) is 35.4 Å². The fraction of sp³-hybridized carbons (Fsp3) is 0.400. The van der Waals surface area contributed by atoms with Gasteiger partial charge < -0.3 is 10.2 Å². The molecule has 2 nitrogen and oxygen atoms in total. The van der Waals surface area contributed by atoms with Gasteiger partial charge in [-0.1, -0.05) is 22.0 Å². The van der Waals surface area contributed by atoms with Gasteiger partial charge in [0, 0.05) is 5.33 Å². The van der Waals surface area contributed by atoms with Gasteiger partial charge in [0.2, 0.25) is 0 Å². The van der Waals surface area contributed by atoms with Crippen LogP contribution >= 0.6 is 15.9 Å². The van der Waals surface area contributed by atoms with Crippen LogP contribution in [-0.2, 0) is 0 Å². The number of aliphatic hydroxyl groups is 2. The SMILES string of the molecule is OC(CCBr)C(O)c1c(F)cccc1F. The molecule has 2 unspecified atom stereocenters. The Morgan fingerprint density at radius 2 is 1.73 bits per heavy atom. The van der Waals surface area contributed by atoms with E-state index in [1.165, 1.54) is 6.07 Å². The van der Waals surface area contributed by atoms with E-state index in [0.29, 0.717) is 5.33 Å². The van der Waals surface area contributed by atoms with E-state index in [2.05, 4.69) is 15.9 Å². The van der Waals surface area contributed by atoms with Crippen LogP contribution in [0.1, 0.15) is 18.1 Å². The molecule has 0 aliphatic carbocycles. The maximum atomic E-state index is 13.2. The summed E-state index contributed by atoms with van der Waals surface area (Å²) in [4.78, 5) is 0. The van der Waals surface area contributed by atoms with E-state index in [9.17, 15) is 19.0 Å². The second-order valence-corrected chi connectivity index (χ2v) is 3.92. The summed E-state index contributed by atoms with van der Waals surface area (Å²) >= 11 is 3.07. The summed E-state index contributed by atoms with van der Waals surface area (Å²) in [6, 6.07) is 3.29. The summed E-state index contributed by atoms with van der Waals surface area (Å²) in [5.74, 6) is -1.70. The van der Waals surface area contributed by atoms with Crippen LogP contribution in [0.4, 0.5) is 8.78 Å². The second-order valence-electron chi connectivity index (χ2n) is 3.13. The van der Waals surface area contributed by atoms with Crippen molar-refractivity contribution >= 4 is 15.9 Å². The molecule has 2 N–H and O–H groups in total. The minimum Gasteiger partial charge on any atom is -0.390 e. The average Bonchev–Trinajstić information content (AvgIpc) is 2.17. The molecule has 84 valence electrons. The van der Waals surface area contributed by atoms with E-state index in [0.717, 1.165) is 12.1 Å². The number of alkyl halides is 1. The number of rotatable bonds is 4. The molecule has 2 atom stereocenters. The van der Waals surface area contributed by atoms with Crippen molar-refractivity contribution in [1.29, 1.82) is 0 Å². The molecular weight excluding hydrogens is 270 g/mol. The van der Waals surface area contributed by atoms with Crippen LogP contribution in [0.25, 0.3) is 0 Å². The van der Waals surface area contributed by atoms with Crippen LogP contribution in [0, 0.1) is 11.6 Å². The van der Waals surface area contributed by atoms with Gasteiger partial charge in [0.25, 0.3) is 0 Å². The first-order chi connectivity index (χ1) is 7.07. The van der Waals surface area contributed by atoms with Crippen molar-refractivity contribution in [2.45, 2.75) is 18.6 Å². The fourth-order valence-corrected chi connectivity index (χ4v) is 1.72. The zero-order valence-corrected chi connectivity index (χ0v) is 9.42. The first kappa shape index (κ1) is 12.5. The van der Waals surface area contributed by atoms with Gasteiger partial charge in [-0.25, -0.2) is 8.78 Å². The first-order valence-corrected chi connectivity index (χ1v) is 5.56. The lowest BCUT2D eigenvalue weighted by molar-refractivity contribution is 0.0130. The Kier molecular flexibility index (Phi) is 4.63. The van der Waals surface area contributed by atoms with Crippen LogP contribution in [0.5, 0.6) is 0 Å². The molecular formula is C10H11BrF2O2. The Labute approximate surface area is 94.7 Å². The maximum absolute atomic E-state index is 13.2. The van der Waals surface area contributed by atoms with Crippen LogP contribution in [0.2, 0.25) is 0 Å². The zero-order valence-electron chi connectivity index (χ0n) is 7.83. The molecule has 0 radical (unpaired) electrons. The topological polar surface area (TPSA) is 40.5 Å². The first-order valence-electron chi connectivity index (χ1n) is 4.44. The molecule has 1 aromatic carbocycles. The molecule has 5 heteroatoms. The van der Waals surface area contributed by atoms with E-state index >= 15 is 0 Å². The third-order valence-electron chi connectivity index (χ3n) is 2.06. The van der Waals surface area contributed by atoms with Crippen molar-refractivity contribution in [3.63, 3.8) is 0 Å². The van der Waals surface area contributed by atoms with Gasteiger partial charge in [0.05, 0.1) is 11.7 Å². The van der Waals surface area contributed by atoms with Gasteiger partial charge in [-0.2, -0.15) is 0 Å². The molecule has 0 bridgehead atoms. The maximum Gasteiger partial charge on any atom is 0.132 e. The number of aliphatic hydroxyl groups excluding tert-OH is 2. The van der Waals surface area contributed by atoms with Crippen LogP contribution < -0.4 is 0 Å². The molecule has 0 spiro atoms. The van der Waals surface area contributed by atoms with Crippen molar-refractivity contribution in [1.82, 2.24) is 0 Å². The van der Waals surface area contributed by atoms with Gasteiger partial charge in [-0.15, -0.1) is 0 Å². The Bertz CT molecular complexity index is 313. The summed E-state index contributed by atoms with van der Waals surface area (Å²) in [5.41, 5.74) is -0.481. The summed E-state index contributed by atoms with van der Waals surface area (Å²) in [6.45, 7) is 0. The highest BCUT2D eigenvalue weighted by Gasteiger charge is 2.24. The van der Waals surface area contributed by atoms with E-state index in [-0.39, 0.29) is 6.42 Å². The van der Waals surface area contributed by atoms with E-state index in [1.807, 2.05) is 0 Å². The minimum absolute atomic E-state index is 0.217. The third-order valence-corrected chi connectivity index (χ3v) is 2.52. The quantitative estimate of drug-likeness (QED) is 0.830. The monoisotopic (exact) mass is 280 g/mol. The highest BCUT2D eigenvalue weighted by molar-refractivity contribution is 9.09. The summed E-state index contributed by atoms with van der Waals surface area (Å²) in [7, 11) is 0. The van der Waals surface area contributed by atoms with Crippen molar-refractivity contribution < 1.29 is 19.0 Å². The normalized spacial score (nSPS) is 15.0. The van der Waals surface area contributed by atoms with Gasteiger partial charge >= 0.3 is 0 Å². The van der Waals surface area contributed by atoms with Crippen LogP contribution in [0.15, 0.2) is 18.2 Å². The van der Waals surface area contributed by atoms with Gasteiger partial charge in [0.1, 0.15) is 17.7 Å². The van der Waals surface area contributed by atoms with Crippen molar-refractivity contribution in [2.24, 2.45) is 0 Å². The lowest BCUT2D eigenvalue weighted by Crippen LogP contribution is -2.20. The fourth-order valence-electron chi connectivity index (χ4n) is 1.26. The Morgan fingerprint density at radius 3 is 2.20 bits per heavy atom. The zero-order chi connectivity index (χ0) is 11.4. The molecule has 15 heavy (non-hydrogen) atoms. The smallest absolute Gasteiger partial charge is 0.132 e. The Balaban J connectivity index is 2.94. The second kappa shape index (κ2) is 5.53. The number of benzene rings is 1. The lowest BCUT2D eigenvalue weighted by atomic mass is 10.0. The highest BCUT2D eigenvalue weighted by atomic mass is 79.9. The van der Waals surface area contributed by atoms with Gasteiger partial charge in [-0.3, -0.25) is 0 Å². The molecule has 0 saturated heterocycles. The largest absolute Gasteiger partial charge is 0.390 e. The lowest BCUT2D eigenvalue weighted by Gasteiger charge is -2.18. The molecule has 0 aliphatic heterocycles. The predicted molar refractivity (Wildman–Crippen MR) is 55.7 cm³/mol. The highest BCUT2D eigenvalue weighted by Crippen LogP contribution is 2.24. The molecule has 0 fully saturated rings. The van der Waals surface area contributed by atoms with Gasteiger partial charge in [-0.05, 0) is 18.6 Å². The van der Waals surface area contributed by atoms with E-state index < -0.39 is 29.4 Å². The molecule has 0 aliphatic rings. The molecule has 0 amide bonds. The minimum atomic E-state index is -1.54. The van der Waals surface area contributed by atoms with E-state index in [4.69, 9.17) is 0 Å². The van der Waals surface area contributed by atoms with Crippen LogP contribution in [-0.4, -0.2) is 21.6 Å². The van der Waals surface area contributed by atoms with Crippen molar-refractivity contribution in [3.8, 4) is 0 Å². The number of hydrogen-bond acceptors (Lipinski definition) is 2. The Morgan fingerprint density at radius 1 is 1.20 bits per heavy atom. The third kappa shape index (κ3) is 2.96. The molecule has 1 rings (SSSR count). The summed E-state index contributed by atoms with van der Waals surface area (Å²) < 4.78 is 26.4. The molecule has 0 saturated carbocycles. The molecule has 0 heterocycles. The average molecular weight is 281 g/mol. The Hall–Kier alpha value is -0.520. The van der Waals surface area contributed by atoms with E-state index in [1.54, 1.807) is 0 Å². The van der Waals surface area contributed by atoms with Crippen molar-refractivity contribution in [2.75, 3.05) is 5.33 Å². The summed E-state index contributed by atoms with van der Waals surface area (Å²) in [6.07, 6.45) is -2.51.